The number of aromatic nitrogens is 2. The molecule has 0 aliphatic heterocycles. The van der Waals surface area contributed by atoms with E-state index in [0.29, 0.717) is 6.04 Å². The van der Waals surface area contributed by atoms with Crippen molar-refractivity contribution in [1.82, 2.24) is 15.1 Å². The Bertz CT molecular complexity index is 365. The highest BCUT2D eigenvalue weighted by molar-refractivity contribution is 9.10. The van der Waals surface area contributed by atoms with Gasteiger partial charge in [0.05, 0.1) is 15.9 Å². The van der Waals surface area contributed by atoms with Crippen molar-refractivity contribution in [3.63, 3.8) is 0 Å². The van der Waals surface area contributed by atoms with Crippen LogP contribution in [0.25, 0.3) is 0 Å². The second-order valence-corrected chi connectivity index (χ2v) is 6.39. The number of hydrogen-bond acceptors (Lipinski definition) is 3. The topological polar surface area (TPSA) is 29.9 Å². The number of nitrogens with one attached hydrogen (secondary N) is 1. The van der Waals surface area contributed by atoms with Gasteiger partial charge in [0.25, 0.3) is 0 Å². The Kier molecular flexibility index (Phi) is 7.34. The molecule has 1 aromatic heterocycles. The minimum Gasteiger partial charge on any atom is -0.316 e. The van der Waals surface area contributed by atoms with Crippen LogP contribution in [0.5, 0.6) is 0 Å². The summed E-state index contributed by atoms with van der Waals surface area (Å²) in [6.07, 6.45) is 3.25. The standard InChI is InChI=1S/C13H24BrN3S/c1-5-7-18-9-10(15-3)8-12-13(14)11(6-2)16-17(12)4/h10,15H,5-9H2,1-4H3. The molecule has 5 heteroatoms. The maximum atomic E-state index is 4.55. The summed E-state index contributed by atoms with van der Waals surface area (Å²) in [4.78, 5) is 0. The highest BCUT2D eigenvalue weighted by Gasteiger charge is 2.16. The summed E-state index contributed by atoms with van der Waals surface area (Å²) in [5.74, 6) is 2.40. The van der Waals surface area contributed by atoms with E-state index in [1.807, 2.05) is 30.5 Å². The molecule has 0 aliphatic rings. The average Bonchev–Trinajstić information content (AvgIpc) is 2.64. The molecule has 1 N–H and O–H groups in total. The van der Waals surface area contributed by atoms with Gasteiger partial charge in [0, 0.05) is 25.3 Å². The maximum absolute atomic E-state index is 4.55. The molecule has 0 bridgehead atoms. The first-order chi connectivity index (χ1) is 8.63. The van der Waals surface area contributed by atoms with Crippen LogP contribution in [0.15, 0.2) is 4.47 Å². The number of hydrogen-bond donors (Lipinski definition) is 1. The van der Waals surface area contributed by atoms with E-state index in [2.05, 4.69) is 40.2 Å². The highest BCUT2D eigenvalue weighted by Crippen LogP contribution is 2.23. The number of nitrogens with zero attached hydrogens (tertiary/aromatic N) is 2. The Hall–Kier alpha value is -0.0000000000000000763. The third kappa shape index (κ3) is 4.28. The van der Waals surface area contributed by atoms with Crippen LogP contribution in [0.1, 0.15) is 31.7 Å². The van der Waals surface area contributed by atoms with E-state index in [-0.39, 0.29) is 0 Å². The number of halogens is 1. The van der Waals surface area contributed by atoms with Gasteiger partial charge < -0.3 is 5.32 Å². The van der Waals surface area contributed by atoms with E-state index in [4.69, 9.17) is 0 Å². The van der Waals surface area contributed by atoms with Gasteiger partial charge in [-0.1, -0.05) is 13.8 Å². The van der Waals surface area contributed by atoms with Crippen molar-refractivity contribution in [3.8, 4) is 0 Å². The summed E-state index contributed by atoms with van der Waals surface area (Å²) < 4.78 is 3.20. The molecule has 0 aromatic carbocycles. The Balaban J connectivity index is 2.66. The van der Waals surface area contributed by atoms with Gasteiger partial charge >= 0.3 is 0 Å². The van der Waals surface area contributed by atoms with Crippen molar-refractivity contribution >= 4 is 27.7 Å². The van der Waals surface area contributed by atoms with Crippen LogP contribution < -0.4 is 5.32 Å². The third-order valence-electron chi connectivity index (χ3n) is 3.02. The molecule has 18 heavy (non-hydrogen) atoms. The lowest BCUT2D eigenvalue weighted by Crippen LogP contribution is -2.31. The summed E-state index contributed by atoms with van der Waals surface area (Å²) in [5, 5.41) is 7.96. The van der Waals surface area contributed by atoms with E-state index in [9.17, 15) is 0 Å². The lowest BCUT2D eigenvalue weighted by molar-refractivity contribution is 0.580. The van der Waals surface area contributed by atoms with Crippen LogP contribution in [0, 0.1) is 0 Å². The molecule has 104 valence electrons. The summed E-state index contributed by atoms with van der Waals surface area (Å²) >= 11 is 5.71. The minimum absolute atomic E-state index is 0.512. The molecule has 1 unspecified atom stereocenters. The molecule has 3 nitrogen and oxygen atoms in total. The molecule has 0 aliphatic carbocycles. The Labute approximate surface area is 123 Å². The molecule has 0 saturated heterocycles. The van der Waals surface area contributed by atoms with Crippen molar-refractivity contribution < 1.29 is 0 Å². The quantitative estimate of drug-likeness (QED) is 0.741. The van der Waals surface area contributed by atoms with Crippen molar-refractivity contribution in [1.29, 1.82) is 0 Å². The molecule has 0 fully saturated rings. The third-order valence-corrected chi connectivity index (χ3v) is 5.27. The zero-order valence-electron chi connectivity index (χ0n) is 11.8. The molecule has 0 spiro atoms. The zero-order valence-corrected chi connectivity index (χ0v) is 14.2. The van der Waals surface area contributed by atoms with Gasteiger partial charge in [-0.15, -0.1) is 0 Å². The maximum Gasteiger partial charge on any atom is 0.0766 e. The van der Waals surface area contributed by atoms with Gasteiger partial charge in [-0.25, -0.2) is 0 Å². The lowest BCUT2D eigenvalue weighted by atomic mass is 10.1. The van der Waals surface area contributed by atoms with Gasteiger partial charge in [0.1, 0.15) is 0 Å². The molecular formula is C13H24BrN3S. The monoisotopic (exact) mass is 333 g/mol. The smallest absolute Gasteiger partial charge is 0.0766 e. The molecule has 0 amide bonds. The average molecular weight is 334 g/mol. The predicted octanol–water partition coefficient (Wildman–Crippen LogP) is 3.02. The number of likely N-dealkylation sites (N-methyl/N-ethyl adjacent to an activating group) is 1. The fraction of sp³-hybridized carbons (Fsp3) is 0.769. The van der Waals surface area contributed by atoms with Gasteiger partial charge in [-0.2, -0.15) is 16.9 Å². The van der Waals surface area contributed by atoms with Crippen LogP contribution in [0.2, 0.25) is 0 Å². The van der Waals surface area contributed by atoms with E-state index in [1.165, 1.54) is 22.3 Å². The molecule has 1 atom stereocenters. The number of aryl methyl sites for hydroxylation is 2. The second-order valence-electron chi connectivity index (χ2n) is 4.45. The summed E-state index contributed by atoms with van der Waals surface area (Å²) in [6, 6.07) is 0.512. The fourth-order valence-electron chi connectivity index (χ4n) is 1.89. The van der Waals surface area contributed by atoms with Crippen molar-refractivity contribution in [3.05, 3.63) is 15.9 Å². The van der Waals surface area contributed by atoms with Crippen LogP contribution in [0.3, 0.4) is 0 Å². The second kappa shape index (κ2) is 8.23. The molecule has 1 heterocycles. The zero-order chi connectivity index (χ0) is 13.5. The first-order valence-electron chi connectivity index (χ1n) is 6.59. The summed E-state index contributed by atoms with van der Waals surface area (Å²) in [7, 11) is 4.08. The van der Waals surface area contributed by atoms with E-state index < -0.39 is 0 Å². The van der Waals surface area contributed by atoms with Gasteiger partial charge in [-0.05, 0) is 41.6 Å². The summed E-state index contributed by atoms with van der Waals surface area (Å²) in [6.45, 7) is 4.37. The molecule has 1 aromatic rings. The lowest BCUT2D eigenvalue weighted by Gasteiger charge is -2.16. The van der Waals surface area contributed by atoms with Gasteiger partial charge in [-0.3, -0.25) is 4.68 Å². The Morgan fingerprint density at radius 1 is 1.44 bits per heavy atom. The van der Waals surface area contributed by atoms with Crippen LogP contribution in [-0.4, -0.2) is 34.4 Å². The minimum atomic E-state index is 0.512. The van der Waals surface area contributed by atoms with E-state index in [0.717, 1.165) is 24.3 Å². The van der Waals surface area contributed by atoms with Crippen molar-refractivity contribution in [2.24, 2.45) is 7.05 Å². The number of thioether (sulfide) groups is 1. The van der Waals surface area contributed by atoms with E-state index >= 15 is 0 Å². The first-order valence-corrected chi connectivity index (χ1v) is 8.53. The molecular weight excluding hydrogens is 310 g/mol. The van der Waals surface area contributed by atoms with Crippen LogP contribution >= 0.6 is 27.7 Å². The normalized spacial score (nSPS) is 12.9. The SMILES string of the molecule is CCCSCC(Cc1c(Br)c(CC)nn1C)NC. The molecule has 0 radical (unpaired) electrons. The van der Waals surface area contributed by atoms with Gasteiger partial charge in [0.2, 0.25) is 0 Å². The fourth-order valence-corrected chi connectivity index (χ4v) is 3.69. The Morgan fingerprint density at radius 2 is 2.17 bits per heavy atom. The highest BCUT2D eigenvalue weighted by atomic mass is 79.9. The largest absolute Gasteiger partial charge is 0.316 e. The summed E-state index contributed by atoms with van der Waals surface area (Å²) in [5.41, 5.74) is 2.45. The van der Waals surface area contributed by atoms with Crippen molar-refractivity contribution in [2.45, 2.75) is 39.2 Å². The predicted molar refractivity (Wildman–Crippen MR) is 84.5 cm³/mol. The Morgan fingerprint density at radius 3 is 2.67 bits per heavy atom. The number of rotatable bonds is 8. The van der Waals surface area contributed by atoms with Crippen LogP contribution in [0.4, 0.5) is 0 Å². The molecule has 1 rings (SSSR count). The van der Waals surface area contributed by atoms with Crippen LogP contribution in [-0.2, 0) is 19.9 Å². The van der Waals surface area contributed by atoms with E-state index in [1.54, 1.807) is 0 Å². The first kappa shape index (κ1) is 16.1. The van der Waals surface area contributed by atoms with Gasteiger partial charge in [0.15, 0.2) is 0 Å². The van der Waals surface area contributed by atoms with Crippen molar-refractivity contribution in [2.75, 3.05) is 18.6 Å². The molecule has 0 saturated carbocycles.